The second-order valence-corrected chi connectivity index (χ2v) is 6.86. The Balaban J connectivity index is 1.50. The van der Waals surface area contributed by atoms with Crippen LogP contribution in [-0.2, 0) is 0 Å². The summed E-state index contributed by atoms with van der Waals surface area (Å²) in [5, 5.41) is 15.5. The first kappa shape index (κ1) is 20.1. The molecule has 0 aliphatic rings. The maximum Gasteiger partial charge on any atom is 0.281 e. The van der Waals surface area contributed by atoms with E-state index in [0.29, 0.717) is 16.9 Å². The van der Waals surface area contributed by atoms with Gasteiger partial charge < -0.3 is 8.98 Å². The van der Waals surface area contributed by atoms with Crippen LogP contribution in [0, 0.1) is 10.1 Å². The fraction of sp³-hybridized carbons (Fsp3) is 0. The van der Waals surface area contributed by atoms with Crippen LogP contribution in [0.25, 0.3) is 17.0 Å². The van der Waals surface area contributed by atoms with Gasteiger partial charge in [0.1, 0.15) is 11.5 Å². The third-order valence-corrected chi connectivity index (χ3v) is 4.67. The number of amides is 1. The molecule has 9 heteroatoms. The first-order valence-electron chi connectivity index (χ1n) is 9.13. The van der Waals surface area contributed by atoms with Crippen LogP contribution < -0.4 is 5.43 Å². The van der Waals surface area contributed by atoms with Gasteiger partial charge in [-0.3, -0.25) is 14.9 Å². The van der Waals surface area contributed by atoms with Crippen LogP contribution in [0.15, 0.2) is 88.6 Å². The Hall–Kier alpha value is -4.17. The van der Waals surface area contributed by atoms with Gasteiger partial charge in [-0.15, -0.1) is 0 Å². The third kappa shape index (κ3) is 4.39. The molecule has 0 saturated heterocycles. The molecule has 154 valence electrons. The molecule has 8 nitrogen and oxygen atoms in total. The van der Waals surface area contributed by atoms with Crippen LogP contribution in [0.3, 0.4) is 0 Å². The average Bonchev–Trinajstić information content (AvgIpc) is 3.46. The molecule has 0 fully saturated rings. The molecule has 1 N–H and O–H groups in total. The smallest absolute Gasteiger partial charge is 0.281 e. The predicted molar refractivity (Wildman–Crippen MR) is 117 cm³/mol. The van der Waals surface area contributed by atoms with Crippen molar-refractivity contribution in [2.75, 3.05) is 0 Å². The van der Waals surface area contributed by atoms with Gasteiger partial charge in [0.15, 0.2) is 0 Å². The number of hydrogen-bond donors (Lipinski definition) is 1. The Morgan fingerprint density at radius 2 is 1.87 bits per heavy atom. The zero-order chi connectivity index (χ0) is 21.8. The normalized spacial score (nSPS) is 11.0. The van der Waals surface area contributed by atoms with Crippen molar-refractivity contribution < 1.29 is 14.1 Å². The van der Waals surface area contributed by atoms with Crippen molar-refractivity contribution in [3.05, 3.63) is 106 Å². The van der Waals surface area contributed by atoms with Crippen LogP contribution in [0.2, 0.25) is 5.02 Å². The zero-order valence-electron chi connectivity index (χ0n) is 15.9. The number of nitro groups is 1. The van der Waals surface area contributed by atoms with Crippen molar-refractivity contribution >= 4 is 29.4 Å². The quantitative estimate of drug-likeness (QED) is 0.260. The lowest BCUT2D eigenvalue weighted by Crippen LogP contribution is -2.19. The van der Waals surface area contributed by atoms with Crippen LogP contribution in [0.5, 0.6) is 0 Å². The summed E-state index contributed by atoms with van der Waals surface area (Å²) in [7, 11) is 0. The number of carbonyl (C=O) groups excluding carboxylic acids is 1. The molecule has 2 aromatic carbocycles. The molecular formula is C22H15ClN4O4. The SMILES string of the molecule is O=C(N/N=C\c1ccc(-c2ccc(Cl)cc2[N+](=O)[O-])o1)c1ccccc1-n1cccc1. The van der Waals surface area contributed by atoms with E-state index in [2.05, 4.69) is 10.5 Å². The minimum atomic E-state index is -0.528. The molecule has 2 aromatic heterocycles. The molecule has 0 aliphatic carbocycles. The second-order valence-electron chi connectivity index (χ2n) is 6.43. The number of carbonyl (C=O) groups is 1. The molecule has 0 saturated carbocycles. The molecule has 0 aliphatic heterocycles. The third-order valence-electron chi connectivity index (χ3n) is 4.44. The summed E-state index contributed by atoms with van der Waals surface area (Å²) in [6.07, 6.45) is 5.01. The summed E-state index contributed by atoms with van der Waals surface area (Å²) in [5.41, 5.74) is 3.76. The fourth-order valence-electron chi connectivity index (χ4n) is 3.03. The van der Waals surface area contributed by atoms with Crippen LogP contribution >= 0.6 is 11.6 Å². The van der Waals surface area contributed by atoms with Crippen molar-refractivity contribution in [2.45, 2.75) is 0 Å². The van der Waals surface area contributed by atoms with E-state index in [9.17, 15) is 14.9 Å². The first-order valence-corrected chi connectivity index (χ1v) is 9.50. The highest BCUT2D eigenvalue weighted by molar-refractivity contribution is 6.30. The van der Waals surface area contributed by atoms with E-state index in [4.69, 9.17) is 16.0 Å². The molecule has 0 atom stereocenters. The number of hydrazone groups is 1. The molecular weight excluding hydrogens is 420 g/mol. The number of hydrogen-bond acceptors (Lipinski definition) is 5. The van der Waals surface area contributed by atoms with E-state index in [1.54, 1.807) is 30.3 Å². The van der Waals surface area contributed by atoms with Gasteiger partial charge in [-0.05, 0) is 48.5 Å². The summed E-state index contributed by atoms with van der Waals surface area (Å²) in [5.74, 6) is 0.216. The van der Waals surface area contributed by atoms with E-state index in [1.807, 2.05) is 41.2 Å². The highest BCUT2D eigenvalue weighted by atomic mass is 35.5. The number of halogens is 1. The lowest BCUT2D eigenvalue weighted by Gasteiger charge is -2.08. The molecule has 1 amide bonds. The minimum absolute atomic E-state index is 0.166. The van der Waals surface area contributed by atoms with E-state index in [1.165, 1.54) is 18.3 Å². The maximum atomic E-state index is 12.6. The highest BCUT2D eigenvalue weighted by Gasteiger charge is 2.18. The Labute approximate surface area is 181 Å². The van der Waals surface area contributed by atoms with E-state index >= 15 is 0 Å². The Morgan fingerprint density at radius 3 is 2.65 bits per heavy atom. The average molecular weight is 435 g/mol. The van der Waals surface area contributed by atoms with Gasteiger partial charge in [-0.2, -0.15) is 5.10 Å². The van der Waals surface area contributed by atoms with Gasteiger partial charge in [0.25, 0.3) is 11.6 Å². The fourth-order valence-corrected chi connectivity index (χ4v) is 3.20. The lowest BCUT2D eigenvalue weighted by molar-refractivity contribution is -0.384. The standard InChI is InChI=1S/C22H15ClN4O4/c23-15-7-9-17(20(13-15)27(29)30)21-10-8-16(31-21)14-24-25-22(28)18-5-1-2-6-19(18)26-11-3-4-12-26/h1-14H,(H,25,28)/b24-14-. The lowest BCUT2D eigenvalue weighted by atomic mass is 10.1. The molecule has 0 spiro atoms. The van der Waals surface area contributed by atoms with Crippen molar-refractivity contribution in [2.24, 2.45) is 5.10 Å². The molecule has 0 radical (unpaired) electrons. The number of rotatable bonds is 6. The number of benzene rings is 2. The van der Waals surface area contributed by atoms with Gasteiger partial charge in [0, 0.05) is 23.5 Å². The van der Waals surface area contributed by atoms with Gasteiger partial charge in [0.2, 0.25) is 0 Å². The van der Waals surface area contributed by atoms with Crippen molar-refractivity contribution in [1.82, 2.24) is 9.99 Å². The Kier molecular flexibility index (Phi) is 5.63. The highest BCUT2D eigenvalue weighted by Crippen LogP contribution is 2.33. The second kappa shape index (κ2) is 8.68. The predicted octanol–water partition coefficient (Wildman–Crippen LogP) is 5.06. The molecule has 4 rings (SSSR count). The Morgan fingerprint density at radius 1 is 1.10 bits per heavy atom. The van der Waals surface area contributed by atoms with Crippen LogP contribution in [0.1, 0.15) is 16.1 Å². The van der Waals surface area contributed by atoms with Gasteiger partial charge in [0.05, 0.1) is 28.0 Å². The van der Waals surface area contributed by atoms with Gasteiger partial charge >= 0.3 is 0 Å². The summed E-state index contributed by atoms with van der Waals surface area (Å²) in [4.78, 5) is 23.3. The topological polar surface area (TPSA) is 103 Å². The van der Waals surface area contributed by atoms with Crippen molar-refractivity contribution in [1.29, 1.82) is 0 Å². The molecule has 31 heavy (non-hydrogen) atoms. The monoisotopic (exact) mass is 434 g/mol. The summed E-state index contributed by atoms with van der Waals surface area (Å²) in [6.45, 7) is 0. The number of para-hydroxylation sites is 1. The molecule has 2 heterocycles. The Bertz CT molecular complexity index is 1280. The number of nitrogens with zero attached hydrogens (tertiary/aromatic N) is 3. The summed E-state index contributed by atoms with van der Waals surface area (Å²) < 4.78 is 7.45. The van der Waals surface area contributed by atoms with Gasteiger partial charge in [-0.25, -0.2) is 5.43 Å². The first-order chi connectivity index (χ1) is 15.0. The van der Waals surface area contributed by atoms with E-state index in [-0.39, 0.29) is 22.4 Å². The number of nitrogens with one attached hydrogen (secondary N) is 1. The largest absolute Gasteiger partial charge is 0.455 e. The van der Waals surface area contributed by atoms with Gasteiger partial charge in [-0.1, -0.05) is 23.7 Å². The van der Waals surface area contributed by atoms with Crippen molar-refractivity contribution in [3.63, 3.8) is 0 Å². The molecule has 4 aromatic rings. The van der Waals surface area contributed by atoms with Crippen LogP contribution in [-0.4, -0.2) is 21.6 Å². The summed E-state index contributed by atoms with van der Waals surface area (Å²) >= 11 is 5.85. The number of aromatic nitrogens is 1. The number of nitro benzene ring substituents is 1. The summed E-state index contributed by atoms with van der Waals surface area (Å²) in [6, 6.07) is 18.4. The maximum absolute atomic E-state index is 12.6. The zero-order valence-corrected chi connectivity index (χ0v) is 16.7. The van der Waals surface area contributed by atoms with Crippen molar-refractivity contribution in [3.8, 4) is 17.0 Å². The van der Waals surface area contributed by atoms with E-state index < -0.39 is 4.92 Å². The minimum Gasteiger partial charge on any atom is -0.455 e. The molecule has 0 bridgehead atoms. The number of furan rings is 1. The molecule has 0 unspecified atom stereocenters. The van der Waals surface area contributed by atoms with E-state index in [0.717, 1.165) is 5.69 Å². The van der Waals surface area contributed by atoms with Crippen LogP contribution in [0.4, 0.5) is 5.69 Å².